The van der Waals surface area contributed by atoms with Gasteiger partial charge >= 0.3 is 0 Å². The van der Waals surface area contributed by atoms with Crippen LogP contribution in [0, 0.1) is 18.3 Å². The summed E-state index contributed by atoms with van der Waals surface area (Å²) in [5, 5.41) is 30.8. The van der Waals surface area contributed by atoms with Gasteiger partial charge in [-0.1, -0.05) is 35.9 Å². The summed E-state index contributed by atoms with van der Waals surface area (Å²) in [7, 11) is 0. The van der Waals surface area contributed by atoms with E-state index in [4.69, 9.17) is 0 Å². The van der Waals surface area contributed by atoms with Gasteiger partial charge in [0.15, 0.2) is 11.5 Å². The Morgan fingerprint density at radius 1 is 1.17 bits per heavy atom. The van der Waals surface area contributed by atoms with E-state index < -0.39 is 5.91 Å². The van der Waals surface area contributed by atoms with Gasteiger partial charge in [0.1, 0.15) is 11.6 Å². The third kappa shape index (κ3) is 4.14. The van der Waals surface area contributed by atoms with Crippen LogP contribution in [0.1, 0.15) is 29.7 Å². The summed E-state index contributed by atoms with van der Waals surface area (Å²) in [6, 6.07) is 13.4. The van der Waals surface area contributed by atoms with Gasteiger partial charge in [-0.05, 0) is 43.2 Å². The molecule has 0 aliphatic heterocycles. The number of rotatable bonds is 4. The maximum atomic E-state index is 12.3. The molecule has 0 spiro atoms. The van der Waals surface area contributed by atoms with Gasteiger partial charge in [0.25, 0.3) is 5.91 Å². The highest BCUT2D eigenvalue weighted by atomic mass is 16.3. The van der Waals surface area contributed by atoms with Gasteiger partial charge in [0, 0.05) is 0 Å². The number of aromatic hydroxyl groups is 2. The average Bonchev–Trinajstić information content (AvgIpc) is 2.56. The van der Waals surface area contributed by atoms with Crippen LogP contribution in [0.4, 0.5) is 0 Å². The standard InChI is InChI=1S/C19H18N2O3/c1-12-3-6-15(7-4-12)13(2)21-19(24)16(11-20)9-14-5-8-17(22)18(23)10-14/h3-10,13,22-23H,1-2H3,(H,21,24)/b16-9+. The first-order valence-electron chi connectivity index (χ1n) is 7.42. The summed E-state index contributed by atoms with van der Waals surface area (Å²) >= 11 is 0. The largest absolute Gasteiger partial charge is 0.504 e. The summed E-state index contributed by atoms with van der Waals surface area (Å²) in [5.74, 6) is -1.07. The van der Waals surface area contributed by atoms with E-state index in [0.29, 0.717) is 5.56 Å². The van der Waals surface area contributed by atoms with Gasteiger partial charge < -0.3 is 15.5 Å². The number of phenolic OH excluding ortho intramolecular Hbond substituents is 2. The first-order chi connectivity index (χ1) is 11.4. The molecule has 0 aliphatic rings. The Hall–Kier alpha value is -3.26. The zero-order chi connectivity index (χ0) is 17.7. The highest BCUT2D eigenvalue weighted by Gasteiger charge is 2.14. The van der Waals surface area contributed by atoms with Crippen molar-refractivity contribution in [2.24, 2.45) is 0 Å². The minimum Gasteiger partial charge on any atom is -0.504 e. The van der Waals surface area contributed by atoms with Crippen LogP contribution in [-0.2, 0) is 4.79 Å². The lowest BCUT2D eigenvalue weighted by Crippen LogP contribution is -2.27. The van der Waals surface area contributed by atoms with E-state index >= 15 is 0 Å². The zero-order valence-corrected chi connectivity index (χ0v) is 13.4. The number of hydrogen-bond acceptors (Lipinski definition) is 4. The Morgan fingerprint density at radius 2 is 1.83 bits per heavy atom. The molecule has 0 aromatic heterocycles. The van der Waals surface area contributed by atoms with Gasteiger partial charge in [-0.3, -0.25) is 4.79 Å². The molecule has 0 bridgehead atoms. The lowest BCUT2D eigenvalue weighted by Gasteiger charge is -2.14. The second kappa shape index (κ2) is 7.34. The van der Waals surface area contributed by atoms with Crippen molar-refractivity contribution >= 4 is 12.0 Å². The molecule has 0 fully saturated rings. The molecule has 2 aromatic carbocycles. The van der Waals surface area contributed by atoms with Crippen molar-refractivity contribution in [2.45, 2.75) is 19.9 Å². The Labute approximate surface area is 140 Å². The van der Waals surface area contributed by atoms with Gasteiger partial charge in [0.2, 0.25) is 0 Å². The Kier molecular flexibility index (Phi) is 5.23. The SMILES string of the molecule is Cc1ccc(C(C)NC(=O)/C(C#N)=C/c2ccc(O)c(O)c2)cc1. The number of aryl methyl sites for hydroxylation is 1. The first kappa shape index (κ1) is 17.1. The molecule has 2 aromatic rings. The van der Waals surface area contributed by atoms with Gasteiger partial charge in [-0.15, -0.1) is 0 Å². The van der Waals surface area contributed by atoms with E-state index in [1.807, 2.05) is 44.2 Å². The number of nitrogens with zero attached hydrogens (tertiary/aromatic N) is 1. The van der Waals surface area contributed by atoms with E-state index in [9.17, 15) is 20.3 Å². The summed E-state index contributed by atoms with van der Waals surface area (Å²) in [6.45, 7) is 3.82. The van der Waals surface area contributed by atoms with Crippen LogP contribution >= 0.6 is 0 Å². The Balaban J connectivity index is 2.16. The van der Waals surface area contributed by atoms with Crippen molar-refractivity contribution in [1.82, 2.24) is 5.32 Å². The van der Waals surface area contributed by atoms with Crippen LogP contribution in [-0.4, -0.2) is 16.1 Å². The predicted octanol–water partition coefficient (Wildman–Crippen LogP) is 3.19. The van der Waals surface area contributed by atoms with E-state index in [2.05, 4.69) is 5.32 Å². The normalized spacial score (nSPS) is 12.3. The van der Waals surface area contributed by atoms with Crippen molar-refractivity contribution in [3.63, 3.8) is 0 Å². The smallest absolute Gasteiger partial charge is 0.262 e. The van der Waals surface area contributed by atoms with Crippen LogP contribution in [0.5, 0.6) is 11.5 Å². The van der Waals surface area contributed by atoms with Crippen LogP contribution in [0.15, 0.2) is 48.0 Å². The van der Waals surface area contributed by atoms with Crippen LogP contribution in [0.3, 0.4) is 0 Å². The van der Waals surface area contributed by atoms with Crippen LogP contribution in [0.2, 0.25) is 0 Å². The second-order valence-electron chi connectivity index (χ2n) is 5.52. The maximum Gasteiger partial charge on any atom is 0.262 e. The molecule has 24 heavy (non-hydrogen) atoms. The summed E-state index contributed by atoms with van der Waals surface area (Å²) in [6.07, 6.45) is 1.36. The fourth-order valence-electron chi connectivity index (χ4n) is 2.16. The quantitative estimate of drug-likeness (QED) is 0.458. The van der Waals surface area contributed by atoms with Gasteiger partial charge in [-0.25, -0.2) is 0 Å². The number of benzene rings is 2. The first-order valence-corrected chi connectivity index (χ1v) is 7.42. The van der Waals surface area contributed by atoms with Crippen LogP contribution < -0.4 is 5.32 Å². The highest BCUT2D eigenvalue weighted by Crippen LogP contribution is 2.26. The highest BCUT2D eigenvalue weighted by molar-refractivity contribution is 6.01. The lowest BCUT2D eigenvalue weighted by atomic mass is 10.1. The molecule has 122 valence electrons. The predicted molar refractivity (Wildman–Crippen MR) is 91.1 cm³/mol. The van der Waals surface area contributed by atoms with Gasteiger partial charge in [-0.2, -0.15) is 5.26 Å². The van der Waals surface area contributed by atoms with E-state index in [-0.39, 0.29) is 23.1 Å². The molecule has 3 N–H and O–H groups in total. The van der Waals surface area contributed by atoms with Crippen molar-refractivity contribution in [3.05, 3.63) is 64.7 Å². The summed E-state index contributed by atoms with van der Waals surface area (Å²) in [4.78, 5) is 12.3. The molecule has 2 rings (SSSR count). The number of hydrogen-bond donors (Lipinski definition) is 3. The molecule has 5 nitrogen and oxygen atoms in total. The third-order valence-electron chi connectivity index (χ3n) is 3.60. The average molecular weight is 322 g/mol. The van der Waals surface area contributed by atoms with Crippen molar-refractivity contribution in [3.8, 4) is 17.6 Å². The molecule has 1 unspecified atom stereocenters. The van der Waals surface area contributed by atoms with Gasteiger partial charge in [0.05, 0.1) is 6.04 Å². The molecular formula is C19H18N2O3. The maximum absolute atomic E-state index is 12.3. The van der Waals surface area contributed by atoms with Crippen LogP contribution in [0.25, 0.3) is 6.08 Å². The van der Waals surface area contributed by atoms with E-state index in [1.165, 1.54) is 24.3 Å². The molecule has 5 heteroatoms. The molecule has 0 saturated carbocycles. The topological polar surface area (TPSA) is 93.4 Å². The van der Waals surface area contributed by atoms with Crippen molar-refractivity contribution < 1.29 is 15.0 Å². The van der Waals surface area contributed by atoms with E-state index in [0.717, 1.165) is 11.1 Å². The lowest BCUT2D eigenvalue weighted by molar-refractivity contribution is -0.117. The molecule has 0 radical (unpaired) electrons. The Bertz CT molecular complexity index is 817. The monoisotopic (exact) mass is 322 g/mol. The third-order valence-corrected chi connectivity index (χ3v) is 3.60. The number of nitriles is 1. The Morgan fingerprint density at radius 3 is 2.42 bits per heavy atom. The fourth-order valence-corrected chi connectivity index (χ4v) is 2.16. The zero-order valence-electron chi connectivity index (χ0n) is 13.4. The molecule has 1 amide bonds. The minimum atomic E-state index is -0.502. The second-order valence-corrected chi connectivity index (χ2v) is 5.52. The number of carbonyl (C=O) groups excluding carboxylic acids is 1. The summed E-state index contributed by atoms with van der Waals surface area (Å²) < 4.78 is 0. The minimum absolute atomic E-state index is 0.0842. The molecular weight excluding hydrogens is 304 g/mol. The number of carbonyl (C=O) groups is 1. The number of amides is 1. The van der Waals surface area contributed by atoms with Crippen molar-refractivity contribution in [1.29, 1.82) is 5.26 Å². The molecule has 0 aliphatic carbocycles. The number of nitrogens with one attached hydrogen (secondary N) is 1. The van der Waals surface area contributed by atoms with E-state index in [1.54, 1.807) is 0 Å². The molecule has 0 heterocycles. The molecule has 1 atom stereocenters. The molecule has 0 saturated heterocycles. The number of phenols is 2. The van der Waals surface area contributed by atoms with Crippen molar-refractivity contribution in [2.75, 3.05) is 0 Å². The summed E-state index contributed by atoms with van der Waals surface area (Å²) in [5.41, 5.74) is 2.43. The fraction of sp³-hybridized carbons (Fsp3) is 0.158.